The van der Waals surface area contributed by atoms with Crippen LogP contribution in [0.2, 0.25) is 19.6 Å². The number of alkyl halides is 6. The van der Waals surface area contributed by atoms with Crippen molar-refractivity contribution in [3.05, 3.63) is 100 Å². The third-order valence-corrected chi connectivity index (χ3v) is 12.9. The van der Waals surface area contributed by atoms with Gasteiger partial charge >= 0.3 is 17.8 Å². The summed E-state index contributed by atoms with van der Waals surface area (Å²) in [5, 5.41) is 0.384. The van der Waals surface area contributed by atoms with Crippen LogP contribution >= 0.6 is 11.3 Å². The molecular weight excluding hydrogens is 575 g/mol. The van der Waals surface area contributed by atoms with E-state index in [0.29, 0.717) is 20.3 Å². The molecule has 0 bridgehead atoms. The smallest absolute Gasteiger partial charge is 0.219 e. The highest BCUT2D eigenvalue weighted by Crippen LogP contribution is 2.64. The Bertz CT molecular complexity index is 1660. The second kappa shape index (κ2) is 8.80. The number of rotatable bonds is 5. The highest BCUT2D eigenvalue weighted by molar-refractivity contribution is 8.03. The lowest BCUT2D eigenvalue weighted by Crippen LogP contribution is -2.49. The summed E-state index contributed by atoms with van der Waals surface area (Å²) >= 11 is 1.10. The average molecular weight is 597 g/mol. The summed E-state index contributed by atoms with van der Waals surface area (Å²) in [7, 11) is -6.95. The van der Waals surface area contributed by atoms with Crippen molar-refractivity contribution < 1.29 is 34.8 Å². The zero-order valence-electron chi connectivity index (χ0n) is 20.9. The van der Waals surface area contributed by atoms with E-state index in [9.17, 15) is 17.2 Å². The van der Waals surface area contributed by atoms with Gasteiger partial charge in [-0.2, -0.15) is 26.3 Å². The number of thiophene rings is 1. The van der Waals surface area contributed by atoms with E-state index in [1.807, 2.05) is 0 Å². The molecule has 204 valence electrons. The average Bonchev–Trinajstić information content (AvgIpc) is 3.46. The van der Waals surface area contributed by atoms with Crippen molar-refractivity contribution >= 4 is 44.2 Å². The Morgan fingerprint density at radius 2 is 1.26 bits per heavy atom. The number of benzene rings is 2. The van der Waals surface area contributed by atoms with Gasteiger partial charge in [0.1, 0.15) is 0 Å². The minimum Gasteiger partial charge on any atom is -0.219 e. The molecule has 0 amide bonds. The highest BCUT2D eigenvalue weighted by atomic mass is 32.2. The van der Waals surface area contributed by atoms with E-state index in [0.717, 1.165) is 17.4 Å². The van der Waals surface area contributed by atoms with Crippen molar-refractivity contribution in [2.24, 2.45) is 0 Å². The molecule has 2 aliphatic rings. The fourth-order valence-electron chi connectivity index (χ4n) is 4.80. The summed E-state index contributed by atoms with van der Waals surface area (Å²) in [4.78, 5) is 0.0257. The fourth-order valence-corrected chi connectivity index (χ4v) is 9.69. The Kier molecular flexibility index (Phi) is 6.25. The van der Waals surface area contributed by atoms with Crippen molar-refractivity contribution in [1.29, 1.82) is 0 Å². The molecule has 1 aliphatic heterocycles. The van der Waals surface area contributed by atoms with E-state index in [1.54, 1.807) is 56.0 Å². The molecular formula is C28H22F6O2S2Si. The molecule has 5 rings (SSSR count). The van der Waals surface area contributed by atoms with Crippen LogP contribution in [0.25, 0.3) is 20.9 Å². The van der Waals surface area contributed by atoms with E-state index < -0.39 is 62.9 Å². The van der Waals surface area contributed by atoms with Gasteiger partial charge in [-0.1, -0.05) is 80.3 Å². The Labute approximate surface area is 226 Å². The maximum atomic E-state index is 15.6. The van der Waals surface area contributed by atoms with Gasteiger partial charge in [0, 0.05) is 21.4 Å². The summed E-state index contributed by atoms with van der Waals surface area (Å²) in [6, 6.07) is 17.3. The van der Waals surface area contributed by atoms with Gasteiger partial charge < -0.3 is 0 Å². The first-order valence-corrected chi connectivity index (χ1v) is 17.7. The molecule has 1 aromatic heterocycles. The van der Waals surface area contributed by atoms with Gasteiger partial charge in [-0.3, -0.25) is 0 Å². The summed E-state index contributed by atoms with van der Waals surface area (Å²) in [6.45, 7) is 5.40. The van der Waals surface area contributed by atoms with Crippen LogP contribution in [0.1, 0.15) is 11.1 Å². The molecule has 1 aliphatic carbocycles. The Hall–Kier alpha value is -2.89. The predicted molar refractivity (Wildman–Crippen MR) is 146 cm³/mol. The molecule has 0 unspecified atom stereocenters. The monoisotopic (exact) mass is 596 g/mol. The summed E-state index contributed by atoms with van der Waals surface area (Å²) in [5.41, 5.74) is -3.72. The Balaban J connectivity index is 1.85. The molecule has 0 fully saturated rings. The lowest BCUT2D eigenvalue weighted by atomic mass is 9.96. The van der Waals surface area contributed by atoms with Crippen LogP contribution in [0.4, 0.5) is 26.3 Å². The zero-order chi connectivity index (χ0) is 28.6. The number of hydrogen-bond donors (Lipinski definition) is 0. The number of hydrogen-bond acceptors (Lipinski definition) is 3. The van der Waals surface area contributed by atoms with Crippen LogP contribution < -0.4 is 4.50 Å². The summed E-state index contributed by atoms with van der Waals surface area (Å²) in [5.74, 6) is -16.4. The van der Waals surface area contributed by atoms with E-state index in [-0.39, 0.29) is 5.56 Å². The topological polar surface area (TPSA) is 34.1 Å². The molecule has 0 spiro atoms. The van der Waals surface area contributed by atoms with Crippen LogP contribution in [-0.4, -0.2) is 34.3 Å². The summed E-state index contributed by atoms with van der Waals surface area (Å²) < 4.78 is 118. The third-order valence-electron chi connectivity index (χ3n) is 6.63. The van der Waals surface area contributed by atoms with Crippen molar-refractivity contribution in [3.63, 3.8) is 0 Å². The lowest BCUT2D eigenvalue weighted by molar-refractivity contribution is -0.259. The van der Waals surface area contributed by atoms with Gasteiger partial charge in [-0.15, -0.1) is 11.3 Å². The first-order valence-electron chi connectivity index (χ1n) is 11.8. The van der Waals surface area contributed by atoms with Crippen molar-refractivity contribution in [2.45, 2.75) is 37.4 Å². The maximum absolute atomic E-state index is 15.6. The minimum absolute atomic E-state index is 0.121. The van der Waals surface area contributed by atoms with Gasteiger partial charge in [0.2, 0.25) is 9.84 Å². The van der Waals surface area contributed by atoms with Crippen molar-refractivity contribution in [1.82, 2.24) is 0 Å². The number of halogens is 6. The number of allylic oxidation sites excluding steroid dienone is 4. The van der Waals surface area contributed by atoms with Gasteiger partial charge in [-0.25, -0.2) is 8.42 Å². The van der Waals surface area contributed by atoms with Crippen LogP contribution in [0.5, 0.6) is 0 Å². The molecule has 39 heavy (non-hydrogen) atoms. The SMILES string of the molecule is C[Si](C)(C)c1sc(-c2ccccc2)cc1C1=C(C2=CS(=O)(=O)C(c3ccccc3)=C2)C(F)(F)C(F)(F)C1(F)F. The van der Waals surface area contributed by atoms with E-state index in [2.05, 4.69) is 0 Å². The molecule has 2 heterocycles. The molecule has 2 aromatic carbocycles. The van der Waals surface area contributed by atoms with Crippen molar-refractivity contribution in [2.75, 3.05) is 0 Å². The third kappa shape index (κ3) is 4.17. The standard InChI is InChI=1S/C28H22F6O2S2Si/c1-39(2,3)25-20(15-21(37-25)17-10-6-4-7-11-17)24-23(26(29,30)28(33,34)27(24,31)32)19-14-22(38(35,36)16-19)18-12-8-5-9-13-18/h4-16H,1-3H3. The van der Waals surface area contributed by atoms with Gasteiger partial charge in [-0.05, 0) is 38.9 Å². The Morgan fingerprint density at radius 1 is 0.744 bits per heavy atom. The lowest BCUT2D eigenvalue weighted by Gasteiger charge is -2.26. The van der Waals surface area contributed by atoms with Crippen LogP contribution in [0, 0.1) is 0 Å². The van der Waals surface area contributed by atoms with Gasteiger partial charge in [0.15, 0.2) is 0 Å². The molecule has 0 radical (unpaired) electrons. The summed E-state index contributed by atoms with van der Waals surface area (Å²) in [6.07, 6.45) is 0.782. The van der Waals surface area contributed by atoms with Crippen LogP contribution in [-0.2, 0) is 9.84 Å². The van der Waals surface area contributed by atoms with E-state index in [4.69, 9.17) is 0 Å². The van der Waals surface area contributed by atoms with Crippen LogP contribution in [0.3, 0.4) is 0 Å². The van der Waals surface area contributed by atoms with Gasteiger partial charge in [0.25, 0.3) is 0 Å². The minimum atomic E-state index is -5.79. The number of sulfone groups is 1. The predicted octanol–water partition coefficient (Wildman–Crippen LogP) is 7.99. The largest absolute Gasteiger partial charge is 0.380 e. The molecule has 2 nitrogen and oxygen atoms in total. The van der Waals surface area contributed by atoms with E-state index in [1.165, 1.54) is 30.3 Å². The maximum Gasteiger partial charge on any atom is 0.380 e. The quantitative estimate of drug-likeness (QED) is 0.221. The molecule has 0 atom stereocenters. The fraction of sp³-hybridized carbons (Fsp3) is 0.214. The molecule has 3 aromatic rings. The van der Waals surface area contributed by atoms with E-state index >= 15 is 17.6 Å². The normalized spacial score (nSPS) is 21.2. The molecule has 11 heteroatoms. The first-order chi connectivity index (χ1) is 18.0. The van der Waals surface area contributed by atoms with Crippen LogP contribution in [0.15, 0.2) is 89.4 Å². The molecule has 0 N–H and O–H groups in total. The zero-order valence-corrected chi connectivity index (χ0v) is 23.5. The first kappa shape index (κ1) is 27.7. The second-order valence-electron chi connectivity index (χ2n) is 10.4. The van der Waals surface area contributed by atoms with Gasteiger partial charge in [0.05, 0.1) is 13.0 Å². The second-order valence-corrected chi connectivity index (χ2v) is 18.6. The Morgan fingerprint density at radius 3 is 1.79 bits per heavy atom. The molecule has 0 saturated carbocycles. The molecule has 0 saturated heterocycles. The highest BCUT2D eigenvalue weighted by Gasteiger charge is 2.80. The van der Waals surface area contributed by atoms with Crippen molar-refractivity contribution in [3.8, 4) is 10.4 Å².